The predicted octanol–water partition coefficient (Wildman–Crippen LogP) is 3.53. The van der Waals surface area contributed by atoms with Crippen LogP contribution < -0.4 is 0 Å². The summed E-state index contributed by atoms with van der Waals surface area (Å²) in [7, 11) is 0. The maximum absolute atomic E-state index is 12.8. The van der Waals surface area contributed by atoms with Crippen molar-refractivity contribution in [3.63, 3.8) is 0 Å². The van der Waals surface area contributed by atoms with Crippen LogP contribution in [0.4, 0.5) is 0 Å². The second kappa shape index (κ2) is 6.89. The van der Waals surface area contributed by atoms with Gasteiger partial charge in [0.05, 0.1) is 11.7 Å². The summed E-state index contributed by atoms with van der Waals surface area (Å²) < 4.78 is 0. The standard InChI is InChI=1S/C22H22N2O2/c1-15-8-10-23-13-20(15)22(26)24-11-9-19(21(25)14-24)18-7-6-16-4-2-3-5-17(16)12-18/h2-8,10,12-13,19,21,25H,9,11,14H2,1H3/t19-,21+/m0/s1. The van der Waals surface area contributed by atoms with Crippen molar-refractivity contribution in [3.8, 4) is 0 Å². The average Bonchev–Trinajstić information content (AvgIpc) is 2.67. The third-order valence-electron chi connectivity index (χ3n) is 5.34. The molecule has 1 saturated heterocycles. The Morgan fingerprint density at radius 3 is 2.73 bits per heavy atom. The van der Waals surface area contributed by atoms with Crippen molar-refractivity contribution in [2.45, 2.75) is 25.4 Å². The molecule has 132 valence electrons. The number of hydrogen-bond acceptors (Lipinski definition) is 3. The zero-order valence-electron chi connectivity index (χ0n) is 14.8. The predicted molar refractivity (Wildman–Crippen MR) is 102 cm³/mol. The molecular formula is C22H22N2O2. The second-order valence-electron chi connectivity index (χ2n) is 7.01. The Labute approximate surface area is 153 Å². The van der Waals surface area contributed by atoms with Crippen LogP contribution >= 0.6 is 0 Å². The molecule has 1 aromatic heterocycles. The van der Waals surface area contributed by atoms with Gasteiger partial charge in [-0.1, -0.05) is 42.5 Å². The Bertz CT molecular complexity index is 954. The molecule has 0 spiro atoms. The Balaban J connectivity index is 1.53. The molecule has 2 atom stereocenters. The van der Waals surface area contributed by atoms with Crippen molar-refractivity contribution < 1.29 is 9.90 Å². The molecular weight excluding hydrogens is 324 g/mol. The van der Waals surface area contributed by atoms with E-state index in [9.17, 15) is 9.90 Å². The molecule has 4 rings (SSSR count). The number of pyridine rings is 1. The molecule has 0 radical (unpaired) electrons. The summed E-state index contributed by atoms with van der Waals surface area (Å²) in [5, 5.41) is 13.1. The van der Waals surface area contributed by atoms with Gasteiger partial charge in [-0.3, -0.25) is 9.78 Å². The number of carbonyl (C=O) groups is 1. The molecule has 3 aromatic rings. The van der Waals surface area contributed by atoms with E-state index in [-0.39, 0.29) is 11.8 Å². The van der Waals surface area contributed by atoms with Gasteiger partial charge in [0.1, 0.15) is 0 Å². The molecule has 4 heteroatoms. The molecule has 1 aliphatic heterocycles. The lowest BCUT2D eigenvalue weighted by Gasteiger charge is -2.36. The van der Waals surface area contributed by atoms with Crippen LogP contribution in [0.1, 0.15) is 33.8 Å². The molecule has 4 nitrogen and oxygen atoms in total. The highest BCUT2D eigenvalue weighted by atomic mass is 16.3. The third kappa shape index (κ3) is 3.08. The number of nitrogens with zero attached hydrogens (tertiary/aromatic N) is 2. The van der Waals surface area contributed by atoms with Crippen LogP contribution in [-0.2, 0) is 0 Å². The van der Waals surface area contributed by atoms with E-state index in [1.807, 2.05) is 25.1 Å². The van der Waals surface area contributed by atoms with Gasteiger partial charge >= 0.3 is 0 Å². The van der Waals surface area contributed by atoms with E-state index in [0.717, 1.165) is 17.5 Å². The van der Waals surface area contributed by atoms with Crippen molar-refractivity contribution in [3.05, 3.63) is 77.6 Å². The van der Waals surface area contributed by atoms with Crippen LogP contribution in [0, 0.1) is 6.92 Å². The molecule has 1 aliphatic rings. The Kier molecular flexibility index (Phi) is 4.43. The first-order valence-electron chi connectivity index (χ1n) is 9.00. The van der Waals surface area contributed by atoms with Crippen LogP contribution in [-0.4, -0.2) is 40.1 Å². The van der Waals surface area contributed by atoms with Gasteiger partial charge in [-0.25, -0.2) is 0 Å². The molecule has 0 bridgehead atoms. The van der Waals surface area contributed by atoms with E-state index < -0.39 is 6.10 Å². The molecule has 2 heterocycles. The van der Waals surface area contributed by atoms with Gasteiger partial charge < -0.3 is 10.0 Å². The van der Waals surface area contributed by atoms with Gasteiger partial charge in [0.15, 0.2) is 0 Å². The molecule has 26 heavy (non-hydrogen) atoms. The number of aromatic nitrogens is 1. The van der Waals surface area contributed by atoms with Crippen LogP contribution in [0.25, 0.3) is 10.8 Å². The summed E-state index contributed by atoms with van der Waals surface area (Å²) in [4.78, 5) is 18.6. The number of piperidine rings is 1. The number of hydrogen-bond donors (Lipinski definition) is 1. The SMILES string of the molecule is Cc1ccncc1C(=O)N1CC[C@@H](c2ccc3ccccc3c2)[C@H](O)C1. The lowest BCUT2D eigenvalue weighted by Crippen LogP contribution is -2.45. The summed E-state index contributed by atoms with van der Waals surface area (Å²) in [6.45, 7) is 2.90. The Morgan fingerprint density at radius 2 is 1.96 bits per heavy atom. The number of rotatable bonds is 2. The zero-order valence-corrected chi connectivity index (χ0v) is 14.8. The van der Waals surface area contributed by atoms with Crippen molar-refractivity contribution in [1.29, 1.82) is 0 Å². The van der Waals surface area contributed by atoms with E-state index in [2.05, 4.69) is 35.3 Å². The summed E-state index contributed by atoms with van der Waals surface area (Å²) in [5.74, 6) is 0.00487. The van der Waals surface area contributed by atoms with Crippen molar-refractivity contribution in [2.24, 2.45) is 0 Å². The number of benzene rings is 2. The number of aryl methyl sites for hydroxylation is 1. The van der Waals surface area contributed by atoms with E-state index in [1.165, 1.54) is 10.8 Å². The quantitative estimate of drug-likeness (QED) is 0.772. The molecule has 0 aliphatic carbocycles. The first-order chi connectivity index (χ1) is 12.6. The minimum Gasteiger partial charge on any atom is -0.391 e. The maximum atomic E-state index is 12.8. The van der Waals surface area contributed by atoms with Gasteiger partial charge in [0.2, 0.25) is 0 Å². The molecule has 1 fully saturated rings. The van der Waals surface area contributed by atoms with Crippen LogP contribution in [0.15, 0.2) is 60.9 Å². The van der Waals surface area contributed by atoms with Gasteiger partial charge in [-0.05, 0) is 41.3 Å². The fraction of sp³-hybridized carbons (Fsp3) is 0.273. The second-order valence-corrected chi connectivity index (χ2v) is 7.01. The van der Waals surface area contributed by atoms with E-state index >= 15 is 0 Å². The maximum Gasteiger partial charge on any atom is 0.255 e. The lowest BCUT2D eigenvalue weighted by atomic mass is 9.86. The lowest BCUT2D eigenvalue weighted by molar-refractivity contribution is 0.0381. The highest BCUT2D eigenvalue weighted by Gasteiger charge is 2.32. The average molecular weight is 346 g/mol. The zero-order chi connectivity index (χ0) is 18.1. The largest absolute Gasteiger partial charge is 0.391 e. The van der Waals surface area contributed by atoms with Crippen LogP contribution in [0.3, 0.4) is 0 Å². The third-order valence-corrected chi connectivity index (χ3v) is 5.34. The molecule has 0 unspecified atom stereocenters. The number of carbonyl (C=O) groups excluding carboxylic acids is 1. The highest BCUT2D eigenvalue weighted by Crippen LogP contribution is 2.31. The first kappa shape index (κ1) is 16.7. The number of fused-ring (bicyclic) bond motifs is 1. The van der Waals surface area contributed by atoms with Crippen molar-refractivity contribution >= 4 is 16.7 Å². The number of amides is 1. The Morgan fingerprint density at radius 1 is 1.15 bits per heavy atom. The molecule has 2 aromatic carbocycles. The van der Waals surface area contributed by atoms with Gasteiger partial charge in [0, 0.05) is 31.4 Å². The number of aliphatic hydroxyl groups excluding tert-OH is 1. The van der Waals surface area contributed by atoms with Crippen molar-refractivity contribution in [1.82, 2.24) is 9.88 Å². The summed E-state index contributed by atoms with van der Waals surface area (Å²) in [5.41, 5.74) is 2.67. The monoisotopic (exact) mass is 346 g/mol. The molecule has 1 N–H and O–H groups in total. The van der Waals surface area contributed by atoms with E-state index in [4.69, 9.17) is 0 Å². The summed E-state index contributed by atoms with van der Waals surface area (Å²) in [6.07, 6.45) is 3.49. The molecule has 1 amide bonds. The van der Waals surface area contributed by atoms with Gasteiger partial charge in [-0.15, -0.1) is 0 Å². The minimum absolute atomic E-state index is 0.0494. The fourth-order valence-electron chi connectivity index (χ4n) is 3.80. The normalized spacial score (nSPS) is 20.3. The first-order valence-corrected chi connectivity index (χ1v) is 9.00. The van der Waals surface area contributed by atoms with E-state index in [1.54, 1.807) is 17.3 Å². The topological polar surface area (TPSA) is 53.4 Å². The minimum atomic E-state index is -0.564. The van der Waals surface area contributed by atoms with Crippen LogP contribution in [0.2, 0.25) is 0 Å². The van der Waals surface area contributed by atoms with Gasteiger partial charge in [0.25, 0.3) is 5.91 Å². The number of aliphatic hydroxyl groups is 1. The Hall–Kier alpha value is -2.72. The number of likely N-dealkylation sites (tertiary alicyclic amines) is 1. The summed E-state index contributed by atoms with van der Waals surface area (Å²) >= 11 is 0. The van der Waals surface area contributed by atoms with Gasteiger partial charge in [-0.2, -0.15) is 0 Å². The van der Waals surface area contributed by atoms with Crippen molar-refractivity contribution in [2.75, 3.05) is 13.1 Å². The van der Waals surface area contributed by atoms with Crippen LogP contribution in [0.5, 0.6) is 0 Å². The summed E-state index contributed by atoms with van der Waals surface area (Å²) in [6, 6.07) is 16.4. The number of β-amino-alcohol motifs (C(OH)–C–C–N with tert-alkyl or cyclic N) is 1. The fourth-order valence-corrected chi connectivity index (χ4v) is 3.80. The highest BCUT2D eigenvalue weighted by molar-refractivity contribution is 5.95. The van der Waals surface area contributed by atoms with E-state index in [0.29, 0.717) is 18.7 Å². The smallest absolute Gasteiger partial charge is 0.255 e. The molecule has 0 saturated carbocycles.